The summed E-state index contributed by atoms with van der Waals surface area (Å²) in [5.74, 6) is -0.810. The summed E-state index contributed by atoms with van der Waals surface area (Å²) in [5, 5.41) is 51.0. The zero-order valence-corrected chi connectivity index (χ0v) is 41.4. The molecule has 5 aromatic rings. The minimum Gasteiger partial charge on any atom is -0.744 e. The summed E-state index contributed by atoms with van der Waals surface area (Å²) in [6, 6.07) is 18.2. The SMILES string of the molecule is CCCCCCCCCCCCNC(=O)c1cc(OCCOc2ccc(N=Nc3c(SOO[O-])cc4cc(S(=O)(=O)[O-])cc(NC(C)=O)c4c3O)cc2)c2ccccc2c1O.[Na+].[Na+]. The first-order valence-corrected chi connectivity index (χ1v) is 22.1. The van der Waals surface area contributed by atoms with Crippen molar-refractivity contribution >= 4 is 72.6 Å². The first-order chi connectivity index (χ1) is 29.4. The zero-order valence-electron chi connectivity index (χ0n) is 35.8. The van der Waals surface area contributed by atoms with Gasteiger partial charge in [0.05, 0.1) is 38.8 Å². The number of fused-ring (bicyclic) bond motifs is 2. The van der Waals surface area contributed by atoms with Crippen molar-refractivity contribution in [2.75, 3.05) is 25.1 Å². The molecule has 20 heteroatoms. The molecule has 0 aliphatic rings. The van der Waals surface area contributed by atoms with Crippen LogP contribution < -0.4 is 84.5 Å². The van der Waals surface area contributed by atoms with Crippen LogP contribution in [0.4, 0.5) is 17.1 Å². The molecule has 4 N–H and O–H groups in total. The summed E-state index contributed by atoms with van der Waals surface area (Å²) in [5.41, 5.74) is 0.0190. The summed E-state index contributed by atoms with van der Waals surface area (Å²) in [7, 11) is -4.97. The number of hydrogen-bond donors (Lipinski definition) is 4. The number of phenolic OH excluding ortho intramolecular Hbond substituents is 2. The Hall–Kier alpha value is -3.50. The van der Waals surface area contributed by atoms with E-state index in [-0.39, 0.29) is 117 Å². The molecule has 0 unspecified atom stereocenters. The molecule has 0 fully saturated rings. The van der Waals surface area contributed by atoms with Crippen LogP contribution in [-0.2, 0) is 24.3 Å². The summed E-state index contributed by atoms with van der Waals surface area (Å²) in [4.78, 5) is 24.4. The van der Waals surface area contributed by atoms with Gasteiger partial charge >= 0.3 is 59.1 Å². The monoisotopic (exact) mass is 922 g/mol. The molecule has 0 heterocycles. The molecule has 0 saturated carbocycles. The summed E-state index contributed by atoms with van der Waals surface area (Å²) >= 11 is 0.340. The van der Waals surface area contributed by atoms with Gasteiger partial charge in [-0.1, -0.05) is 89.0 Å². The van der Waals surface area contributed by atoms with Gasteiger partial charge in [-0.2, -0.15) is 9.45 Å². The van der Waals surface area contributed by atoms with Crippen molar-refractivity contribution in [2.24, 2.45) is 10.2 Å². The standard InChI is InChI=1S/C43H50N4O12S2.2Na/c1-3-4-5-6-7-8-9-10-11-14-21-44-43(51)35-27-37(33-15-12-13-16-34(33)41(35)49)57-23-22-56-31-19-17-30(18-20-31)46-47-40-38(60-59-58-52)25-29-24-32(61(53,54)55)26-36(45-28(2)48)39(29)42(40)50;;/h12-13,15-20,24-27,49-50,52H,3-11,14,21-23H2,1-2H3,(H,44,51)(H,45,48)(H,53,54,55);;/q;2*+1/p-2. The quantitative estimate of drug-likeness (QED) is 0.0133. The number of anilines is 1. The number of ether oxygens (including phenoxy) is 2. The molecule has 0 spiro atoms. The average Bonchev–Trinajstić information content (AvgIpc) is 3.23. The van der Waals surface area contributed by atoms with Crippen molar-refractivity contribution < 1.29 is 116 Å². The first kappa shape index (κ1) is 53.8. The van der Waals surface area contributed by atoms with Gasteiger partial charge in [0, 0.05) is 29.6 Å². The van der Waals surface area contributed by atoms with Crippen LogP contribution in [-0.4, -0.2) is 54.8 Å². The molecule has 0 saturated heterocycles. The van der Waals surface area contributed by atoms with E-state index in [4.69, 9.17) is 9.47 Å². The van der Waals surface area contributed by atoms with Gasteiger partial charge in [0.15, 0.2) is 5.75 Å². The Labute approximate surface area is 414 Å². The fourth-order valence-corrected chi connectivity index (χ4v) is 7.69. The number of amides is 2. The minimum absolute atomic E-state index is 0. The second-order valence-corrected chi connectivity index (χ2v) is 16.3. The normalized spacial score (nSPS) is 11.3. The van der Waals surface area contributed by atoms with Crippen molar-refractivity contribution in [3.05, 3.63) is 78.4 Å². The number of phenols is 2. The Morgan fingerprint density at radius 2 is 1.43 bits per heavy atom. The van der Waals surface area contributed by atoms with Crippen LogP contribution in [0.25, 0.3) is 21.5 Å². The number of unbranched alkanes of at least 4 members (excludes halogenated alkanes) is 9. The number of carbonyl (C=O) groups is 2. The number of carbonyl (C=O) groups excluding carboxylic acids is 2. The van der Waals surface area contributed by atoms with E-state index in [0.29, 0.717) is 46.5 Å². The van der Waals surface area contributed by atoms with E-state index in [2.05, 4.69) is 37.2 Å². The van der Waals surface area contributed by atoms with E-state index in [1.54, 1.807) is 42.5 Å². The van der Waals surface area contributed by atoms with Crippen LogP contribution >= 0.6 is 12.0 Å². The van der Waals surface area contributed by atoms with E-state index in [9.17, 15) is 38.0 Å². The van der Waals surface area contributed by atoms with Crippen molar-refractivity contribution in [1.82, 2.24) is 5.32 Å². The van der Waals surface area contributed by atoms with Gasteiger partial charge in [0.1, 0.15) is 46.3 Å². The molecule has 0 bridgehead atoms. The Bertz CT molecular complexity index is 2440. The van der Waals surface area contributed by atoms with Gasteiger partial charge in [-0.25, -0.2) is 8.42 Å². The van der Waals surface area contributed by atoms with Crippen LogP contribution in [0.3, 0.4) is 0 Å². The second-order valence-electron chi connectivity index (χ2n) is 14.1. The summed E-state index contributed by atoms with van der Waals surface area (Å²) in [6.45, 7) is 4.11. The maximum Gasteiger partial charge on any atom is 1.00 e. The molecule has 0 aliphatic heterocycles. The Morgan fingerprint density at radius 1 is 0.794 bits per heavy atom. The number of azo groups is 1. The Balaban J connectivity index is 0.00000528. The van der Waals surface area contributed by atoms with Crippen molar-refractivity contribution in [2.45, 2.75) is 87.8 Å². The predicted octanol–water partition coefficient (Wildman–Crippen LogP) is 3.03. The van der Waals surface area contributed by atoms with E-state index < -0.39 is 26.7 Å². The summed E-state index contributed by atoms with van der Waals surface area (Å²) in [6.07, 6.45) is 11.9. The number of benzene rings is 5. The molecule has 0 aliphatic carbocycles. The van der Waals surface area contributed by atoms with Crippen LogP contribution in [0.15, 0.2) is 92.8 Å². The van der Waals surface area contributed by atoms with Crippen LogP contribution in [0.2, 0.25) is 0 Å². The van der Waals surface area contributed by atoms with Gasteiger partial charge in [-0.15, -0.1) is 5.11 Å². The van der Waals surface area contributed by atoms with Gasteiger partial charge in [0.2, 0.25) is 5.91 Å². The third kappa shape index (κ3) is 15.9. The van der Waals surface area contributed by atoms with Crippen LogP contribution in [0.5, 0.6) is 23.0 Å². The largest absolute Gasteiger partial charge is 1.00 e. The smallest absolute Gasteiger partial charge is 0.744 e. The molecule has 0 atom stereocenters. The molecule has 16 nitrogen and oxygen atoms in total. The van der Waals surface area contributed by atoms with Crippen molar-refractivity contribution in [3.63, 3.8) is 0 Å². The molecule has 0 radical (unpaired) electrons. The Morgan fingerprint density at radius 3 is 2.06 bits per heavy atom. The fraction of sp³-hybridized carbons (Fsp3) is 0.349. The number of aromatic hydroxyl groups is 2. The number of nitrogens with one attached hydrogen (secondary N) is 2. The van der Waals surface area contributed by atoms with E-state index in [1.165, 1.54) is 57.1 Å². The van der Waals surface area contributed by atoms with Gasteiger partial charge in [-0.05, 0) is 60.3 Å². The maximum atomic E-state index is 13.2. The number of hydrogen-bond acceptors (Lipinski definition) is 15. The molecule has 0 aromatic heterocycles. The molecule has 326 valence electrons. The average molecular weight is 923 g/mol. The van der Waals surface area contributed by atoms with E-state index in [0.717, 1.165) is 38.3 Å². The predicted molar refractivity (Wildman–Crippen MR) is 227 cm³/mol. The second kappa shape index (κ2) is 27.1. The van der Waals surface area contributed by atoms with Gasteiger partial charge in [-0.3, -0.25) is 14.6 Å². The van der Waals surface area contributed by atoms with Crippen LogP contribution in [0, 0.1) is 0 Å². The molecule has 5 rings (SSSR count). The number of rotatable bonds is 24. The number of nitrogens with zero attached hydrogens (tertiary/aromatic N) is 2. The first-order valence-electron chi connectivity index (χ1n) is 19.9. The third-order valence-corrected chi connectivity index (χ3v) is 11.1. The summed E-state index contributed by atoms with van der Waals surface area (Å²) < 4.78 is 51.8. The molecule has 2 amide bonds. The topological polar surface area (TPSA) is 241 Å². The van der Waals surface area contributed by atoms with Gasteiger partial charge in [0.25, 0.3) is 5.91 Å². The minimum atomic E-state index is -4.97. The van der Waals surface area contributed by atoms with Gasteiger partial charge < -0.3 is 40.1 Å². The fourth-order valence-electron chi connectivity index (χ4n) is 6.66. The van der Waals surface area contributed by atoms with Crippen molar-refractivity contribution in [1.29, 1.82) is 0 Å². The maximum absolute atomic E-state index is 13.2. The Kier molecular flexibility index (Phi) is 23.1. The molecular weight excluding hydrogens is 875 g/mol. The zero-order chi connectivity index (χ0) is 43.8. The molecular formula is C43H48N4Na2O12S2. The third-order valence-electron chi connectivity index (χ3n) is 9.62. The van der Waals surface area contributed by atoms with E-state index in [1.807, 2.05) is 6.07 Å². The van der Waals surface area contributed by atoms with Crippen molar-refractivity contribution in [3.8, 4) is 23.0 Å². The molecule has 63 heavy (non-hydrogen) atoms. The molecule has 5 aromatic carbocycles. The van der Waals surface area contributed by atoms with E-state index >= 15 is 0 Å². The van der Waals surface area contributed by atoms with Crippen LogP contribution in [0.1, 0.15) is 88.4 Å².